The number of nitrogens with zero attached hydrogens (tertiary/aromatic N) is 1. The minimum absolute atomic E-state index is 0.205. The number of carboxylic acid groups (broad SMARTS) is 1. The van der Waals surface area contributed by atoms with Gasteiger partial charge in [-0.05, 0) is 35.2 Å². The molecule has 0 atom stereocenters. The van der Waals surface area contributed by atoms with Crippen LogP contribution in [0.2, 0.25) is 5.02 Å². The van der Waals surface area contributed by atoms with Gasteiger partial charge in [-0.15, -0.1) is 0 Å². The Labute approximate surface area is 121 Å². The Kier molecular flexibility index (Phi) is 3.20. The van der Waals surface area contributed by atoms with Crippen molar-refractivity contribution in [3.05, 3.63) is 70.9 Å². The smallest absolute Gasteiger partial charge is 0.335 e. The number of aromatic carboxylic acids is 1. The SMILES string of the molecule is O=C(O)c1ccc(Cn2ccc3ccccc32)c(Cl)c1. The van der Waals surface area contributed by atoms with Crippen LogP contribution in [-0.4, -0.2) is 15.6 Å². The molecule has 3 rings (SSSR count). The van der Waals surface area contributed by atoms with Crippen molar-refractivity contribution < 1.29 is 9.90 Å². The molecule has 1 N–H and O–H groups in total. The van der Waals surface area contributed by atoms with Crippen LogP contribution in [0.15, 0.2) is 54.7 Å². The summed E-state index contributed by atoms with van der Waals surface area (Å²) in [6, 6.07) is 15.0. The van der Waals surface area contributed by atoms with E-state index in [1.54, 1.807) is 12.1 Å². The quantitative estimate of drug-likeness (QED) is 0.789. The molecule has 0 unspecified atom stereocenters. The summed E-state index contributed by atoms with van der Waals surface area (Å²) in [6.45, 7) is 0.617. The van der Waals surface area contributed by atoms with Crippen molar-refractivity contribution >= 4 is 28.5 Å². The Balaban J connectivity index is 1.97. The van der Waals surface area contributed by atoms with E-state index in [1.807, 2.05) is 18.3 Å². The summed E-state index contributed by atoms with van der Waals surface area (Å²) in [4.78, 5) is 10.9. The van der Waals surface area contributed by atoms with Crippen molar-refractivity contribution in [2.45, 2.75) is 6.54 Å². The molecule has 0 saturated carbocycles. The van der Waals surface area contributed by atoms with Crippen molar-refractivity contribution in [1.82, 2.24) is 4.57 Å². The first-order valence-electron chi connectivity index (χ1n) is 6.21. The normalized spacial score (nSPS) is 10.8. The molecule has 20 heavy (non-hydrogen) atoms. The maximum absolute atomic E-state index is 10.9. The second-order valence-electron chi connectivity index (χ2n) is 4.61. The molecule has 1 heterocycles. The summed E-state index contributed by atoms with van der Waals surface area (Å²) in [6.07, 6.45) is 2.01. The first kappa shape index (κ1) is 12.8. The van der Waals surface area contributed by atoms with Gasteiger partial charge >= 0.3 is 5.97 Å². The van der Waals surface area contributed by atoms with Crippen LogP contribution in [0.25, 0.3) is 10.9 Å². The van der Waals surface area contributed by atoms with Gasteiger partial charge < -0.3 is 9.67 Å². The van der Waals surface area contributed by atoms with Crippen molar-refractivity contribution in [2.24, 2.45) is 0 Å². The molecule has 0 aliphatic heterocycles. The first-order valence-corrected chi connectivity index (χ1v) is 6.58. The third-order valence-corrected chi connectivity index (χ3v) is 3.67. The zero-order valence-corrected chi connectivity index (χ0v) is 11.3. The average molecular weight is 286 g/mol. The van der Waals surface area contributed by atoms with Crippen LogP contribution < -0.4 is 0 Å². The van der Waals surface area contributed by atoms with Gasteiger partial charge in [-0.1, -0.05) is 35.9 Å². The number of fused-ring (bicyclic) bond motifs is 1. The topological polar surface area (TPSA) is 42.2 Å². The van der Waals surface area contributed by atoms with Crippen LogP contribution in [0.1, 0.15) is 15.9 Å². The highest BCUT2D eigenvalue weighted by atomic mass is 35.5. The molecule has 0 radical (unpaired) electrons. The second kappa shape index (κ2) is 5.02. The standard InChI is InChI=1S/C16H12ClNO2/c17-14-9-12(16(19)20)5-6-13(14)10-18-8-7-11-3-1-2-4-15(11)18/h1-9H,10H2,(H,19,20). The lowest BCUT2D eigenvalue weighted by Gasteiger charge is -2.08. The lowest BCUT2D eigenvalue weighted by atomic mass is 10.1. The highest BCUT2D eigenvalue weighted by Crippen LogP contribution is 2.22. The number of carbonyl (C=O) groups is 1. The molecule has 3 nitrogen and oxygen atoms in total. The average Bonchev–Trinajstić information content (AvgIpc) is 2.84. The minimum Gasteiger partial charge on any atom is -0.478 e. The van der Waals surface area contributed by atoms with Gasteiger partial charge in [-0.2, -0.15) is 0 Å². The zero-order chi connectivity index (χ0) is 14.1. The molecule has 0 saturated heterocycles. The van der Waals surface area contributed by atoms with Gasteiger partial charge in [-0.3, -0.25) is 0 Å². The van der Waals surface area contributed by atoms with Crippen LogP contribution in [0.3, 0.4) is 0 Å². The van der Waals surface area contributed by atoms with Crippen LogP contribution in [-0.2, 0) is 6.54 Å². The van der Waals surface area contributed by atoms with E-state index in [2.05, 4.69) is 22.8 Å². The van der Waals surface area contributed by atoms with E-state index in [4.69, 9.17) is 16.7 Å². The molecule has 4 heteroatoms. The summed E-state index contributed by atoms with van der Waals surface area (Å²) in [5.74, 6) is -0.968. The molecule has 2 aromatic carbocycles. The molecule has 3 aromatic rings. The van der Waals surface area contributed by atoms with E-state index in [0.717, 1.165) is 11.1 Å². The molecule has 0 aliphatic rings. The summed E-state index contributed by atoms with van der Waals surface area (Å²) >= 11 is 6.16. The monoisotopic (exact) mass is 285 g/mol. The van der Waals surface area contributed by atoms with Gasteiger partial charge in [-0.25, -0.2) is 4.79 Å². The van der Waals surface area contributed by atoms with Crippen molar-refractivity contribution in [3.63, 3.8) is 0 Å². The summed E-state index contributed by atoms with van der Waals surface area (Å²) in [5, 5.41) is 10.6. The number of halogens is 1. The fraction of sp³-hybridized carbons (Fsp3) is 0.0625. The Morgan fingerprint density at radius 3 is 2.70 bits per heavy atom. The van der Waals surface area contributed by atoms with Crippen LogP contribution in [0, 0.1) is 0 Å². The number of rotatable bonds is 3. The third-order valence-electron chi connectivity index (χ3n) is 3.32. The Morgan fingerprint density at radius 2 is 1.95 bits per heavy atom. The number of benzene rings is 2. The second-order valence-corrected chi connectivity index (χ2v) is 5.02. The first-order chi connectivity index (χ1) is 9.65. The van der Waals surface area contributed by atoms with Crippen molar-refractivity contribution in [3.8, 4) is 0 Å². The van der Waals surface area contributed by atoms with Gasteiger partial charge in [0.25, 0.3) is 0 Å². The summed E-state index contributed by atoms with van der Waals surface area (Å²) < 4.78 is 2.09. The van der Waals surface area contributed by atoms with E-state index < -0.39 is 5.97 Å². The lowest BCUT2D eigenvalue weighted by molar-refractivity contribution is 0.0697. The zero-order valence-electron chi connectivity index (χ0n) is 10.6. The molecule has 0 spiro atoms. The van der Waals surface area contributed by atoms with Gasteiger partial charge in [0.2, 0.25) is 0 Å². The van der Waals surface area contributed by atoms with E-state index in [0.29, 0.717) is 11.6 Å². The van der Waals surface area contributed by atoms with Gasteiger partial charge in [0.15, 0.2) is 0 Å². The molecule has 0 fully saturated rings. The van der Waals surface area contributed by atoms with Gasteiger partial charge in [0, 0.05) is 23.3 Å². The number of aromatic nitrogens is 1. The van der Waals surface area contributed by atoms with Crippen molar-refractivity contribution in [2.75, 3.05) is 0 Å². The van der Waals surface area contributed by atoms with E-state index in [-0.39, 0.29) is 5.56 Å². The summed E-state index contributed by atoms with van der Waals surface area (Å²) in [7, 11) is 0. The Bertz CT molecular complexity index is 792. The van der Waals surface area contributed by atoms with Crippen LogP contribution in [0.4, 0.5) is 0 Å². The molecule has 0 amide bonds. The van der Waals surface area contributed by atoms with E-state index >= 15 is 0 Å². The highest BCUT2D eigenvalue weighted by Gasteiger charge is 2.08. The van der Waals surface area contributed by atoms with E-state index in [9.17, 15) is 4.79 Å². The summed E-state index contributed by atoms with van der Waals surface area (Å²) in [5.41, 5.74) is 2.24. The molecular formula is C16H12ClNO2. The van der Waals surface area contributed by atoms with Gasteiger partial charge in [0.1, 0.15) is 0 Å². The largest absolute Gasteiger partial charge is 0.478 e. The number of para-hydroxylation sites is 1. The fourth-order valence-electron chi connectivity index (χ4n) is 2.27. The number of carboxylic acids is 1. The molecule has 1 aromatic heterocycles. The number of hydrogen-bond acceptors (Lipinski definition) is 1. The fourth-order valence-corrected chi connectivity index (χ4v) is 2.51. The lowest BCUT2D eigenvalue weighted by Crippen LogP contribution is -2.01. The predicted octanol–water partition coefficient (Wildman–Crippen LogP) is 4.04. The molecule has 100 valence electrons. The number of hydrogen-bond donors (Lipinski definition) is 1. The maximum Gasteiger partial charge on any atom is 0.335 e. The minimum atomic E-state index is -0.968. The maximum atomic E-state index is 10.9. The Hall–Kier alpha value is -2.26. The van der Waals surface area contributed by atoms with Gasteiger partial charge in [0.05, 0.1) is 5.56 Å². The third kappa shape index (κ3) is 2.28. The van der Waals surface area contributed by atoms with Crippen LogP contribution in [0.5, 0.6) is 0 Å². The van der Waals surface area contributed by atoms with Crippen LogP contribution >= 0.6 is 11.6 Å². The van der Waals surface area contributed by atoms with E-state index in [1.165, 1.54) is 11.5 Å². The highest BCUT2D eigenvalue weighted by molar-refractivity contribution is 6.31. The molecule has 0 aliphatic carbocycles. The predicted molar refractivity (Wildman–Crippen MR) is 79.5 cm³/mol. The Morgan fingerprint density at radius 1 is 1.15 bits per heavy atom. The van der Waals surface area contributed by atoms with Crippen molar-refractivity contribution in [1.29, 1.82) is 0 Å². The molecule has 0 bridgehead atoms. The molecular weight excluding hydrogens is 274 g/mol.